The molecule has 0 saturated carbocycles. The highest BCUT2D eigenvalue weighted by atomic mass is 32.1. The maximum absolute atomic E-state index is 12.6. The van der Waals surface area contributed by atoms with E-state index in [2.05, 4.69) is 15.4 Å². The summed E-state index contributed by atoms with van der Waals surface area (Å²) in [5, 5.41) is 8.61. The van der Waals surface area contributed by atoms with E-state index >= 15 is 0 Å². The average molecular weight is 337 g/mol. The Bertz CT molecular complexity index is 623. The Balaban J connectivity index is 1.32. The quantitative estimate of drug-likeness (QED) is 0.753. The summed E-state index contributed by atoms with van der Waals surface area (Å²) >= 11 is 1.54. The van der Waals surface area contributed by atoms with E-state index in [1.54, 1.807) is 17.4 Å². The molecule has 1 aliphatic heterocycles. The summed E-state index contributed by atoms with van der Waals surface area (Å²) < 4.78 is 17.8. The number of aromatic nitrogens is 1. The molecule has 0 atom stereocenters. The van der Waals surface area contributed by atoms with E-state index in [-0.39, 0.29) is 5.91 Å². The van der Waals surface area contributed by atoms with Crippen molar-refractivity contribution in [3.8, 4) is 10.6 Å². The minimum atomic E-state index is -0.629. The molecule has 1 amide bonds. The van der Waals surface area contributed by atoms with Crippen LogP contribution in [0.2, 0.25) is 0 Å². The van der Waals surface area contributed by atoms with Gasteiger partial charge in [-0.25, -0.2) is 4.39 Å². The van der Waals surface area contributed by atoms with Gasteiger partial charge in [-0.1, -0.05) is 17.6 Å². The lowest BCUT2D eigenvalue weighted by molar-refractivity contribution is 0.0643. The molecular formula is C16H20FN3O2S. The molecule has 0 aliphatic carbocycles. The summed E-state index contributed by atoms with van der Waals surface area (Å²) in [6, 6.07) is 5.52. The normalized spacial score (nSPS) is 15.5. The molecule has 1 N–H and O–H groups in total. The van der Waals surface area contributed by atoms with Crippen molar-refractivity contribution in [3.63, 3.8) is 0 Å². The first-order valence-corrected chi connectivity index (χ1v) is 8.75. The standard InChI is InChI=1S/C16H20FN3O2S/c17-12-10-20(11-12)7-3-1-2-6-18-16(21)13-9-14(22-19-13)15-5-4-8-23-15/h4-5,8-9,12H,1-3,6-7,10-11H2,(H,18,21). The van der Waals surface area contributed by atoms with Crippen LogP contribution in [0.5, 0.6) is 0 Å². The van der Waals surface area contributed by atoms with Crippen molar-refractivity contribution in [2.24, 2.45) is 0 Å². The third-order valence-electron chi connectivity index (χ3n) is 3.86. The van der Waals surface area contributed by atoms with Gasteiger partial charge in [0, 0.05) is 25.7 Å². The van der Waals surface area contributed by atoms with Crippen molar-refractivity contribution < 1.29 is 13.7 Å². The maximum Gasteiger partial charge on any atom is 0.273 e. The number of thiophene rings is 1. The van der Waals surface area contributed by atoms with Crippen LogP contribution in [0.15, 0.2) is 28.1 Å². The molecule has 7 heteroatoms. The van der Waals surface area contributed by atoms with E-state index in [1.807, 2.05) is 17.5 Å². The first-order chi connectivity index (χ1) is 11.2. The van der Waals surface area contributed by atoms with Crippen LogP contribution >= 0.6 is 11.3 Å². The highest BCUT2D eigenvalue weighted by Crippen LogP contribution is 2.25. The van der Waals surface area contributed by atoms with Gasteiger partial charge in [-0.2, -0.15) is 0 Å². The summed E-state index contributed by atoms with van der Waals surface area (Å²) in [6.07, 6.45) is 2.34. The molecule has 0 bridgehead atoms. The number of likely N-dealkylation sites (tertiary alicyclic amines) is 1. The molecule has 0 radical (unpaired) electrons. The number of carbonyl (C=O) groups is 1. The second kappa shape index (κ2) is 7.70. The zero-order valence-electron chi connectivity index (χ0n) is 12.8. The molecule has 0 aromatic carbocycles. The summed E-state index contributed by atoms with van der Waals surface area (Å²) in [4.78, 5) is 15.1. The van der Waals surface area contributed by atoms with Gasteiger partial charge < -0.3 is 9.84 Å². The number of rotatable bonds is 8. The second-order valence-electron chi connectivity index (χ2n) is 5.73. The second-order valence-corrected chi connectivity index (χ2v) is 6.67. The highest BCUT2D eigenvalue weighted by molar-refractivity contribution is 7.13. The molecule has 1 fully saturated rings. The highest BCUT2D eigenvalue weighted by Gasteiger charge is 2.24. The van der Waals surface area contributed by atoms with Crippen molar-refractivity contribution in [2.45, 2.75) is 25.4 Å². The number of halogens is 1. The third-order valence-corrected chi connectivity index (χ3v) is 4.74. The van der Waals surface area contributed by atoms with Crippen LogP contribution in [-0.2, 0) is 0 Å². The molecule has 3 rings (SSSR count). The van der Waals surface area contributed by atoms with Gasteiger partial charge in [-0.05, 0) is 30.8 Å². The van der Waals surface area contributed by atoms with E-state index in [1.165, 1.54) is 0 Å². The molecule has 23 heavy (non-hydrogen) atoms. The molecule has 1 aliphatic rings. The van der Waals surface area contributed by atoms with Gasteiger partial charge in [0.1, 0.15) is 6.17 Å². The average Bonchev–Trinajstić information content (AvgIpc) is 3.18. The van der Waals surface area contributed by atoms with Gasteiger partial charge in [0.2, 0.25) is 0 Å². The number of carbonyl (C=O) groups excluding carboxylic acids is 1. The van der Waals surface area contributed by atoms with Crippen LogP contribution in [0.1, 0.15) is 29.8 Å². The zero-order valence-corrected chi connectivity index (χ0v) is 13.7. The van der Waals surface area contributed by atoms with Gasteiger partial charge in [0.25, 0.3) is 5.91 Å². The van der Waals surface area contributed by atoms with E-state index in [0.717, 1.165) is 30.7 Å². The van der Waals surface area contributed by atoms with Crippen LogP contribution in [0.4, 0.5) is 4.39 Å². The number of alkyl halides is 1. The Morgan fingerprint density at radius 1 is 1.43 bits per heavy atom. The van der Waals surface area contributed by atoms with Crippen molar-refractivity contribution >= 4 is 17.2 Å². The molecule has 2 aromatic heterocycles. The summed E-state index contributed by atoms with van der Waals surface area (Å²) in [7, 11) is 0. The Hall–Kier alpha value is -1.73. The zero-order chi connectivity index (χ0) is 16.1. The van der Waals surface area contributed by atoms with E-state index in [9.17, 15) is 9.18 Å². The lowest BCUT2D eigenvalue weighted by Gasteiger charge is -2.34. The fraction of sp³-hybridized carbons (Fsp3) is 0.500. The number of nitrogens with one attached hydrogen (secondary N) is 1. The summed E-state index contributed by atoms with van der Waals surface area (Å²) in [5.74, 6) is 0.408. The van der Waals surface area contributed by atoms with Crippen LogP contribution in [0, 0.1) is 0 Å². The van der Waals surface area contributed by atoms with Gasteiger partial charge in [-0.15, -0.1) is 11.3 Å². The SMILES string of the molecule is O=C(NCCCCCN1CC(F)C1)c1cc(-c2cccs2)on1. The lowest BCUT2D eigenvalue weighted by Crippen LogP contribution is -2.48. The van der Waals surface area contributed by atoms with Crippen molar-refractivity contribution in [2.75, 3.05) is 26.2 Å². The predicted octanol–water partition coefficient (Wildman–Crippen LogP) is 2.96. The van der Waals surface area contributed by atoms with Gasteiger partial charge in [-0.3, -0.25) is 9.69 Å². The number of amides is 1. The molecular weight excluding hydrogens is 317 g/mol. The number of unbranched alkanes of at least 4 members (excludes halogenated alkanes) is 2. The minimum absolute atomic E-state index is 0.209. The number of hydrogen-bond donors (Lipinski definition) is 1. The van der Waals surface area contributed by atoms with Crippen molar-refractivity contribution in [1.82, 2.24) is 15.4 Å². The van der Waals surface area contributed by atoms with Gasteiger partial charge >= 0.3 is 0 Å². The van der Waals surface area contributed by atoms with Crippen LogP contribution in [0.25, 0.3) is 10.6 Å². The van der Waals surface area contributed by atoms with Crippen LogP contribution in [-0.4, -0.2) is 48.3 Å². The molecule has 1 saturated heterocycles. The first kappa shape index (κ1) is 16.1. The largest absolute Gasteiger partial charge is 0.355 e. The first-order valence-electron chi connectivity index (χ1n) is 7.87. The van der Waals surface area contributed by atoms with Gasteiger partial charge in [0.05, 0.1) is 4.88 Å². The molecule has 3 heterocycles. The lowest BCUT2D eigenvalue weighted by atomic mass is 10.1. The van der Waals surface area contributed by atoms with E-state index in [4.69, 9.17) is 4.52 Å². The topological polar surface area (TPSA) is 58.4 Å². The molecule has 124 valence electrons. The number of hydrogen-bond acceptors (Lipinski definition) is 5. The summed E-state index contributed by atoms with van der Waals surface area (Å²) in [6.45, 7) is 2.72. The van der Waals surface area contributed by atoms with Gasteiger partial charge in [0.15, 0.2) is 11.5 Å². The Morgan fingerprint density at radius 2 is 2.30 bits per heavy atom. The predicted molar refractivity (Wildman–Crippen MR) is 87.3 cm³/mol. The monoisotopic (exact) mass is 337 g/mol. The third kappa shape index (κ3) is 4.39. The Kier molecular flexibility index (Phi) is 5.40. The van der Waals surface area contributed by atoms with Crippen LogP contribution < -0.4 is 5.32 Å². The Morgan fingerprint density at radius 3 is 3.04 bits per heavy atom. The van der Waals surface area contributed by atoms with Crippen molar-refractivity contribution in [3.05, 3.63) is 29.3 Å². The molecule has 0 unspecified atom stereocenters. The minimum Gasteiger partial charge on any atom is -0.355 e. The summed E-state index contributed by atoms with van der Waals surface area (Å²) in [5.41, 5.74) is 0.308. The number of nitrogens with zero attached hydrogens (tertiary/aromatic N) is 2. The fourth-order valence-corrected chi connectivity index (χ4v) is 3.21. The maximum atomic E-state index is 12.6. The molecule has 5 nitrogen and oxygen atoms in total. The van der Waals surface area contributed by atoms with Crippen molar-refractivity contribution in [1.29, 1.82) is 0 Å². The fourth-order valence-electron chi connectivity index (χ4n) is 2.54. The van der Waals surface area contributed by atoms with E-state index < -0.39 is 6.17 Å². The van der Waals surface area contributed by atoms with Crippen LogP contribution in [0.3, 0.4) is 0 Å². The van der Waals surface area contributed by atoms with E-state index in [0.29, 0.717) is 31.1 Å². The molecule has 0 spiro atoms. The molecule has 2 aromatic rings. The Labute approximate surface area is 138 Å². The smallest absolute Gasteiger partial charge is 0.273 e.